The summed E-state index contributed by atoms with van der Waals surface area (Å²) in [7, 11) is 3.68. The van der Waals surface area contributed by atoms with Crippen LogP contribution in [0.15, 0.2) is 0 Å². The van der Waals surface area contributed by atoms with Gasteiger partial charge < -0.3 is 9.64 Å². The highest BCUT2D eigenvalue weighted by Crippen LogP contribution is 2.51. The molecule has 19 heavy (non-hydrogen) atoms. The fraction of sp³-hybridized carbons (Fsp3) is 0.929. The van der Waals surface area contributed by atoms with Gasteiger partial charge in [0.05, 0.1) is 13.5 Å². The molecule has 2 aliphatic rings. The fourth-order valence-electron chi connectivity index (χ4n) is 2.48. The van der Waals surface area contributed by atoms with E-state index < -0.39 is 0 Å². The lowest BCUT2D eigenvalue weighted by Crippen LogP contribution is -2.45. The Morgan fingerprint density at radius 2 is 1.95 bits per heavy atom. The summed E-state index contributed by atoms with van der Waals surface area (Å²) >= 11 is 2.01. The number of esters is 1. The lowest BCUT2D eigenvalue weighted by molar-refractivity contribution is -0.141. The minimum absolute atomic E-state index is 0.0443. The molecule has 0 amide bonds. The average molecular weight is 286 g/mol. The monoisotopic (exact) mass is 286 g/mol. The normalized spacial score (nSPS) is 23.3. The highest BCUT2D eigenvalue weighted by molar-refractivity contribution is 7.99. The molecular formula is C14H26N2O2S. The van der Waals surface area contributed by atoms with Gasteiger partial charge >= 0.3 is 5.97 Å². The molecule has 1 saturated heterocycles. The van der Waals surface area contributed by atoms with E-state index in [1.54, 1.807) is 0 Å². The average Bonchev–Trinajstić information content (AvgIpc) is 3.17. The summed E-state index contributed by atoms with van der Waals surface area (Å²) in [5, 5.41) is 0. The van der Waals surface area contributed by atoms with Crippen LogP contribution in [0.2, 0.25) is 0 Å². The molecule has 5 heteroatoms. The lowest BCUT2D eigenvalue weighted by Gasteiger charge is -2.32. The first-order valence-corrected chi connectivity index (χ1v) is 8.34. The Balaban J connectivity index is 1.56. The largest absolute Gasteiger partial charge is 0.469 e. The van der Waals surface area contributed by atoms with Gasteiger partial charge in [0.1, 0.15) is 0 Å². The molecule has 0 bridgehead atoms. The highest BCUT2D eigenvalue weighted by atomic mass is 32.2. The molecule has 4 nitrogen and oxygen atoms in total. The maximum atomic E-state index is 11.3. The van der Waals surface area contributed by atoms with E-state index in [4.69, 9.17) is 4.74 Å². The summed E-state index contributed by atoms with van der Waals surface area (Å²) in [5.41, 5.74) is 0.278. The Morgan fingerprint density at radius 3 is 2.53 bits per heavy atom. The predicted molar refractivity (Wildman–Crippen MR) is 79.6 cm³/mol. The molecular weight excluding hydrogens is 260 g/mol. The molecule has 2 rings (SSSR count). The number of nitrogens with zero attached hydrogens (tertiary/aromatic N) is 2. The van der Waals surface area contributed by atoms with E-state index in [1.807, 2.05) is 11.8 Å². The first kappa shape index (κ1) is 15.1. The molecule has 0 N–H and O–H groups in total. The Morgan fingerprint density at radius 1 is 1.26 bits per heavy atom. The molecule has 0 aromatic rings. The van der Waals surface area contributed by atoms with Crippen molar-refractivity contribution in [2.24, 2.45) is 5.41 Å². The van der Waals surface area contributed by atoms with Crippen LogP contribution in [0.4, 0.5) is 0 Å². The number of thioether (sulfide) groups is 1. The van der Waals surface area contributed by atoms with Gasteiger partial charge in [-0.2, -0.15) is 11.8 Å². The Labute approximate surface area is 120 Å². The van der Waals surface area contributed by atoms with Crippen LogP contribution < -0.4 is 0 Å². The molecule has 0 spiro atoms. The second-order valence-electron chi connectivity index (χ2n) is 5.95. The van der Waals surface area contributed by atoms with Gasteiger partial charge in [0.25, 0.3) is 0 Å². The van der Waals surface area contributed by atoms with Crippen molar-refractivity contribution in [2.75, 3.05) is 58.4 Å². The van der Waals surface area contributed by atoms with E-state index in [1.165, 1.54) is 58.4 Å². The third kappa shape index (κ3) is 4.97. The van der Waals surface area contributed by atoms with Crippen LogP contribution in [0.3, 0.4) is 0 Å². The van der Waals surface area contributed by atoms with Gasteiger partial charge in [-0.15, -0.1) is 0 Å². The molecule has 110 valence electrons. The van der Waals surface area contributed by atoms with Crippen LogP contribution in [0.5, 0.6) is 0 Å². The number of rotatable bonds is 7. The number of likely N-dealkylation sites (N-methyl/N-ethyl adjacent to an activating group) is 1. The van der Waals surface area contributed by atoms with Crippen molar-refractivity contribution in [1.29, 1.82) is 0 Å². The zero-order valence-corrected chi connectivity index (χ0v) is 13.0. The zero-order chi connectivity index (χ0) is 13.7. The van der Waals surface area contributed by atoms with E-state index in [0.29, 0.717) is 6.42 Å². The molecule has 1 aliphatic heterocycles. The SMILES string of the molecule is COC(=O)CC1(CSCCN2CCN(C)CC2)CC1. The molecule has 0 atom stereocenters. The highest BCUT2D eigenvalue weighted by Gasteiger charge is 2.44. The standard InChI is InChI=1S/C14H26N2O2S/c1-15-5-7-16(8-6-15)9-10-19-12-14(3-4-14)11-13(17)18-2/h3-12H2,1-2H3. The topological polar surface area (TPSA) is 32.8 Å². The summed E-state index contributed by atoms with van der Waals surface area (Å²) in [6.45, 7) is 5.97. The van der Waals surface area contributed by atoms with Gasteiger partial charge in [-0.05, 0) is 31.1 Å². The van der Waals surface area contributed by atoms with E-state index in [2.05, 4.69) is 16.8 Å². The summed E-state index contributed by atoms with van der Waals surface area (Å²) in [4.78, 5) is 16.3. The van der Waals surface area contributed by atoms with Gasteiger partial charge in [0, 0.05) is 38.5 Å². The molecule has 0 unspecified atom stereocenters. The maximum Gasteiger partial charge on any atom is 0.306 e. The third-order valence-electron chi connectivity index (χ3n) is 4.26. The summed E-state index contributed by atoms with van der Waals surface area (Å²) in [6.07, 6.45) is 3.01. The lowest BCUT2D eigenvalue weighted by atomic mass is 10.1. The molecule has 0 radical (unpaired) electrons. The first-order chi connectivity index (χ1) is 9.13. The van der Waals surface area contributed by atoms with E-state index in [-0.39, 0.29) is 11.4 Å². The number of piperazine rings is 1. The molecule has 1 aliphatic carbocycles. The van der Waals surface area contributed by atoms with Gasteiger partial charge in [0.15, 0.2) is 0 Å². The smallest absolute Gasteiger partial charge is 0.306 e. The number of carbonyl (C=O) groups is 1. The predicted octanol–water partition coefficient (Wildman–Crippen LogP) is 1.31. The molecule has 0 aromatic carbocycles. The quantitative estimate of drug-likeness (QED) is 0.520. The molecule has 0 aromatic heterocycles. The van der Waals surface area contributed by atoms with Crippen molar-refractivity contribution in [2.45, 2.75) is 19.3 Å². The summed E-state index contributed by atoms with van der Waals surface area (Å²) in [6, 6.07) is 0. The van der Waals surface area contributed by atoms with Gasteiger partial charge in [0.2, 0.25) is 0 Å². The van der Waals surface area contributed by atoms with Crippen molar-refractivity contribution in [3.05, 3.63) is 0 Å². The number of ether oxygens (including phenoxy) is 1. The third-order valence-corrected chi connectivity index (χ3v) is 5.55. The van der Waals surface area contributed by atoms with Gasteiger partial charge in [-0.3, -0.25) is 9.69 Å². The second kappa shape index (κ2) is 6.95. The minimum atomic E-state index is -0.0443. The summed E-state index contributed by atoms with van der Waals surface area (Å²) in [5.74, 6) is 2.26. The van der Waals surface area contributed by atoms with Crippen LogP contribution in [0.25, 0.3) is 0 Å². The van der Waals surface area contributed by atoms with Crippen LogP contribution >= 0.6 is 11.8 Å². The van der Waals surface area contributed by atoms with Crippen molar-refractivity contribution in [1.82, 2.24) is 9.80 Å². The van der Waals surface area contributed by atoms with Crippen LogP contribution in [-0.4, -0.2) is 74.2 Å². The Bertz CT molecular complexity index is 300. The minimum Gasteiger partial charge on any atom is -0.469 e. The summed E-state index contributed by atoms with van der Waals surface area (Å²) < 4.78 is 4.78. The molecule has 1 saturated carbocycles. The second-order valence-corrected chi connectivity index (χ2v) is 7.06. The van der Waals surface area contributed by atoms with Crippen molar-refractivity contribution >= 4 is 17.7 Å². The number of hydrogen-bond acceptors (Lipinski definition) is 5. The van der Waals surface area contributed by atoms with Crippen molar-refractivity contribution < 1.29 is 9.53 Å². The van der Waals surface area contributed by atoms with E-state index >= 15 is 0 Å². The Hall–Kier alpha value is -0.260. The van der Waals surface area contributed by atoms with Crippen LogP contribution in [0, 0.1) is 5.41 Å². The van der Waals surface area contributed by atoms with Gasteiger partial charge in [-0.25, -0.2) is 0 Å². The zero-order valence-electron chi connectivity index (χ0n) is 12.2. The maximum absolute atomic E-state index is 11.3. The van der Waals surface area contributed by atoms with E-state index in [9.17, 15) is 4.79 Å². The van der Waals surface area contributed by atoms with E-state index in [0.717, 1.165) is 5.75 Å². The van der Waals surface area contributed by atoms with Crippen LogP contribution in [0.1, 0.15) is 19.3 Å². The first-order valence-electron chi connectivity index (χ1n) is 7.19. The Kier molecular flexibility index (Phi) is 5.54. The number of methoxy groups -OCH3 is 1. The molecule has 1 heterocycles. The van der Waals surface area contributed by atoms with Gasteiger partial charge in [-0.1, -0.05) is 0 Å². The van der Waals surface area contributed by atoms with Crippen LogP contribution in [-0.2, 0) is 9.53 Å². The number of hydrogen-bond donors (Lipinski definition) is 0. The fourth-order valence-corrected chi connectivity index (χ4v) is 3.84. The number of carbonyl (C=O) groups excluding carboxylic acids is 1. The molecule has 2 fully saturated rings. The van der Waals surface area contributed by atoms with Crippen molar-refractivity contribution in [3.8, 4) is 0 Å². The van der Waals surface area contributed by atoms with Crippen molar-refractivity contribution in [3.63, 3.8) is 0 Å².